The number of carbonyl (C=O) groups is 1. The number of hydrogen-bond acceptors (Lipinski definition) is 6. The van der Waals surface area contributed by atoms with E-state index in [2.05, 4.69) is 27.3 Å². The number of piperidine rings is 1. The lowest BCUT2D eigenvalue weighted by atomic mass is 9.94. The number of carbonyl (C=O) groups excluding carboxylic acids is 1. The van der Waals surface area contributed by atoms with Crippen LogP contribution in [0.4, 0.5) is 5.13 Å². The number of methoxy groups -OCH3 is 1. The molecule has 0 radical (unpaired) electrons. The Morgan fingerprint density at radius 3 is 3.03 bits per heavy atom. The summed E-state index contributed by atoms with van der Waals surface area (Å²) in [5.41, 5.74) is 3.07. The number of ether oxygens (including phenoxy) is 1. The van der Waals surface area contributed by atoms with Crippen LogP contribution in [-0.2, 0) is 4.79 Å². The highest BCUT2D eigenvalue weighted by atomic mass is 32.1. The molecule has 1 fully saturated rings. The monoisotopic (exact) mass is 408 g/mol. The van der Waals surface area contributed by atoms with Crippen LogP contribution in [0.25, 0.3) is 11.3 Å². The quantitative estimate of drug-likeness (QED) is 0.667. The molecular weight excluding hydrogens is 384 g/mol. The molecule has 7 heteroatoms. The molecule has 150 valence electrons. The van der Waals surface area contributed by atoms with Gasteiger partial charge in [0, 0.05) is 35.3 Å². The van der Waals surface area contributed by atoms with E-state index in [-0.39, 0.29) is 5.91 Å². The minimum Gasteiger partial charge on any atom is -0.497 e. The fourth-order valence-corrected chi connectivity index (χ4v) is 4.25. The molecule has 0 spiro atoms. The first kappa shape index (κ1) is 19.5. The van der Waals surface area contributed by atoms with E-state index >= 15 is 0 Å². The van der Waals surface area contributed by atoms with Gasteiger partial charge in [-0.05, 0) is 43.7 Å². The minimum absolute atomic E-state index is 0.0151. The van der Waals surface area contributed by atoms with E-state index in [4.69, 9.17) is 9.72 Å². The maximum atomic E-state index is 12.3. The summed E-state index contributed by atoms with van der Waals surface area (Å²) in [7, 11) is 1.67. The molecule has 1 saturated heterocycles. The van der Waals surface area contributed by atoms with Crippen LogP contribution in [-0.4, -0.2) is 47.5 Å². The SMILES string of the molecule is COc1cccc(-c2cccc([C@H]3CCCN(CC(=O)Nc4nccs4)C3)n2)c1. The molecule has 1 amide bonds. The number of benzene rings is 1. The average molecular weight is 409 g/mol. The molecule has 1 aliphatic rings. The van der Waals surface area contributed by atoms with E-state index in [0.717, 1.165) is 48.6 Å². The van der Waals surface area contributed by atoms with Gasteiger partial charge in [0.25, 0.3) is 0 Å². The van der Waals surface area contributed by atoms with Crippen molar-refractivity contribution in [3.63, 3.8) is 0 Å². The number of pyridine rings is 1. The highest BCUT2D eigenvalue weighted by Crippen LogP contribution is 2.28. The fraction of sp³-hybridized carbons (Fsp3) is 0.318. The van der Waals surface area contributed by atoms with Gasteiger partial charge in [0.05, 0.1) is 19.3 Å². The molecule has 0 saturated carbocycles. The number of anilines is 1. The molecule has 1 aromatic carbocycles. The van der Waals surface area contributed by atoms with Crippen LogP contribution in [0.2, 0.25) is 0 Å². The Hall–Kier alpha value is -2.77. The number of hydrogen-bond donors (Lipinski definition) is 1. The molecule has 2 aromatic heterocycles. The number of amides is 1. The third-order valence-electron chi connectivity index (χ3n) is 5.11. The number of nitrogens with zero attached hydrogens (tertiary/aromatic N) is 3. The van der Waals surface area contributed by atoms with Crippen molar-refractivity contribution in [2.75, 3.05) is 32.1 Å². The van der Waals surface area contributed by atoms with Crippen molar-refractivity contribution in [2.45, 2.75) is 18.8 Å². The standard InChI is InChI=1S/C22H24N4O2S/c1-28-18-7-2-5-16(13-18)19-8-3-9-20(24-19)17-6-4-11-26(14-17)15-21(27)25-22-23-10-12-29-22/h2-3,5,7-10,12-13,17H,4,6,11,14-15H2,1H3,(H,23,25,27)/t17-/m0/s1. The van der Waals surface area contributed by atoms with Gasteiger partial charge in [0.2, 0.25) is 5.91 Å². The molecule has 0 unspecified atom stereocenters. The Bertz CT molecular complexity index is 961. The molecule has 1 aliphatic heterocycles. The van der Waals surface area contributed by atoms with Crippen LogP contribution in [0.5, 0.6) is 5.75 Å². The summed E-state index contributed by atoms with van der Waals surface area (Å²) in [6.07, 6.45) is 3.83. The third-order valence-corrected chi connectivity index (χ3v) is 5.79. The van der Waals surface area contributed by atoms with Gasteiger partial charge >= 0.3 is 0 Å². The maximum absolute atomic E-state index is 12.3. The number of rotatable bonds is 6. The third kappa shape index (κ3) is 4.99. The Morgan fingerprint density at radius 2 is 2.21 bits per heavy atom. The summed E-state index contributed by atoms with van der Waals surface area (Å²) in [6.45, 7) is 2.14. The predicted octanol–water partition coefficient (Wildman–Crippen LogP) is 4.03. The number of likely N-dealkylation sites (tertiary alicyclic amines) is 1. The summed E-state index contributed by atoms with van der Waals surface area (Å²) >= 11 is 1.43. The lowest BCUT2D eigenvalue weighted by Crippen LogP contribution is -2.40. The first-order chi connectivity index (χ1) is 14.2. The van der Waals surface area contributed by atoms with E-state index in [0.29, 0.717) is 17.6 Å². The smallest absolute Gasteiger partial charge is 0.240 e. The Kier molecular flexibility index (Phi) is 6.17. The van der Waals surface area contributed by atoms with Crippen LogP contribution in [0.15, 0.2) is 54.0 Å². The second-order valence-corrected chi connectivity index (χ2v) is 8.03. The summed E-state index contributed by atoms with van der Waals surface area (Å²) in [5, 5.41) is 5.37. The van der Waals surface area contributed by atoms with Gasteiger partial charge < -0.3 is 10.1 Å². The first-order valence-electron chi connectivity index (χ1n) is 9.74. The van der Waals surface area contributed by atoms with Crippen molar-refractivity contribution in [1.29, 1.82) is 0 Å². The molecule has 29 heavy (non-hydrogen) atoms. The van der Waals surface area contributed by atoms with E-state index in [9.17, 15) is 4.79 Å². The van der Waals surface area contributed by atoms with E-state index in [1.807, 2.05) is 35.7 Å². The van der Waals surface area contributed by atoms with Gasteiger partial charge in [0.15, 0.2) is 5.13 Å². The highest BCUT2D eigenvalue weighted by molar-refractivity contribution is 7.13. The summed E-state index contributed by atoms with van der Waals surface area (Å²) in [5.74, 6) is 1.13. The summed E-state index contributed by atoms with van der Waals surface area (Å²) in [4.78, 5) is 23.6. The van der Waals surface area contributed by atoms with Crippen molar-refractivity contribution in [3.8, 4) is 17.0 Å². The molecular formula is C22H24N4O2S. The largest absolute Gasteiger partial charge is 0.497 e. The Balaban J connectivity index is 1.43. The highest BCUT2D eigenvalue weighted by Gasteiger charge is 2.24. The number of nitrogens with one attached hydrogen (secondary N) is 1. The molecule has 1 atom stereocenters. The Morgan fingerprint density at radius 1 is 1.31 bits per heavy atom. The van der Waals surface area contributed by atoms with Crippen molar-refractivity contribution >= 4 is 22.4 Å². The van der Waals surface area contributed by atoms with Crippen molar-refractivity contribution < 1.29 is 9.53 Å². The second-order valence-electron chi connectivity index (χ2n) is 7.14. The minimum atomic E-state index is -0.0151. The van der Waals surface area contributed by atoms with Crippen LogP contribution in [0.1, 0.15) is 24.5 Å². The zero-order chi connectivity index (χ0) is 20.1. The van der Waals surface area contributed by atoms with Gasteiger partial charge in [-0.15, -0.1) is 11.3 Å². The van der Waals surface area contributed by atoms with Crippen molar-refractivity contribution in [2.24, 2.45) is 0 Å². The topological polar surface area (TPSA) is 67.3 Å². The predicted molar refractivity (Wildman–Crippen MR) is 115 cm³/mol. The number of aromatic nitrogens is 2. The van der Waals surface area contributed by atoms with Crippen LogP contribution in [0, 0.1) is 0 Å². The van der Waals surface area contributed by atoms with Gasteiger partial charge in [0.1, 0.15) is 5.75 Å². The second kappa shape index (κ2) is 9.15. The fourth-order valence-electron chi connectivity index (χ4n) is 3.71. The van der Waals surface area contributed by atoms with Gasteiger partial charge in [-0.25, -0.2) is 4.98 Å². The molecule has 0 aliphatic carbocycles. The molecule has 3 heterocycles. The molecule has 3 aromatic rings. The van der Waals surface area contributed by atoms with E-state index < -0.39 is 0 Å². The van der Waals surface area contributed by atoms with Gasteiger partial charge in [-0.1, -0.05) is 18.2 Å². The number of thiazole rings is 1. The summed E-state index contributed by atoms with van der Waals surface area (Å²) in [6, 6.07) is 14.1. The van der Waals surface area contributed by atoms with Crippen molar-refractivity contribution in [3.05, 3.63) is 59.7 Å². The lowest BCUT2D eigenvalue weighted by Gasteiger charge is -2.32. The van der Waals surface area contributed by atoms with Gasteiger partial charge in [-0.3, -0.25) is 14.7 Å². The molecule has 6 nitrogen and oxygen atoms in total. The molecule has 4 rings (SSSR count). The van der Waals surface area contributed by atoms with E-state index in [1.54, 1.807) is 13.3 Å². The Labute approximate surface area is 174 Å². The first-order valence-corrected chi connectivity index (χ1v) is 10.6. The lowest BCUT2D eigenvalue weighted by molar-refractivity contribution is -0.117. The van der Waals surface area contributed by atoms with Crippen molar-refractivity contribution in [1.82, 2.24) is 14.9 Å². The molecule has 0 bridgehead atoms. The molecule has 1 N–H and O–H groups in total. The van der Waals surface area contributed by atoms with Gasteiger partial charge in [-0.2, -0.15) is 0 Å². The average Bonchev–Trinajstić information content (AvgIpc) is 3.27. The maximum Gasteiger partial charge on any atom is 0.240 e. The zero-order valence-electron chi connectivity index (χ0n) is 16.4. The van der Waals surface area contributed by atoms with E-state index in [1.165, 1.54) is 11.3 Å². The van der Waals surface area contributed by atoms with Crippen LogP contribution < -0.4 is 10.1 Å². The normalized spacial score (nSPS) is 17.1. The summed E-state index contributed by atoms with van der Waals surface area (Å²) < 4.78 is 5.34. The van der Waals surface area contributed by atoms with Crippen LogP contribution in [0.3, 0.4) is 0 Å². The zero-order valence-corrected chi connectivity index (χ0v) is 17.2. The van der Waals surface area contributed by atoms with Crippen LogP contribution >= 0.6 is 11.3 Å².